The van der Waals surface area contributed by atoms with Gasteiger partial charge >= 0.3 is 0 Å². The molecule has 0 atom stereocenters. The molecule has 0 fully saturated rings. The van der Waals surface area contributed by atoms with Gasteiger partial charge in [-0.15, -0.1) is 0 Å². The molecule has 0 aliphatic carbocycles. The number of pyridine rings is 1. The number of allylic oxidation sites excluding steroid dienone is 1. The maximum Gasteiger partial charge on any atom is 0.260 e. The maximum atomic E-state index is 13.2. The molecule has 0 bridgehead atoms. The standard InChI is InChI=1S/C26H19N3O2/c1-16-11-12-19-18(15-16)24(17-7-3-2-4-8-17)25(26(31)29-19)22(30)13-14-23-27-20-9-5-6-10-21(20)28-23/h2-15H,1H3,(H,27,28)(H,29,31)/b14-13-. The molecule has 5 rings (SSSR count). The van der Waals surface area contributed by atoms with E-state index in [1.165, 1.54) is 6.08 Å². The number of para-hydroxylation sites is 2. The molecule has 2 heterocycles. The van der Waals surface area contributed by atoms with Crippen molar-refractivity contribution in [1.82, 2.24) is 15.0 Å². The molecule has 0 aliphatic rings. The molecule has 2 aromatic heterocycles. The Balaban J connectivity index is 1.67. The van der Waals surface area contributed by atoms with Crippen molar-refractivity contribution in [2.45, 2.75) is 6.92 Å². The van der Waals surface area contributed by atoms with Gasteiger partial charge in [0.2, 0.25) is 0 Å². The van der Waals surface area contributed by atoms with E-state index in [-0.39, 0.29) is 11.3 Å². The van der Waals surface area contributed by atoms with E-state index >= 15 is 0 Å². The molecule has 2 N–H and O–H groups in total. The minimum atomic E-state index is -0.408. The number of fused-ring (bicyclic) bond motifs is 2. The molecule has 5 nitrogen and oxygen atoms in total. The van der Waals surface area contributed by atoms with E-state index < -0.39 is 5.56 Å². The van der Waals surface area contributed by atoms with Crippen molar-refractivity contribution >= 4 is 33.8 Å². The molecule has 5 aromatic rings. The van der Waals surface area contributed by atoms with Crippen LogP contribution < -0.4 is 5.56 Å². The van der Waals surface area contributed by atoms with Gasteiger partial charge in [0, 0.05) is 16.5 Å². The van der Waals surface area contributed by atoms with Crippen molar-refractivity contribution in [2.75, 3.05) is 0 Å². The molecule has 150 valence electrons. The number of rotatable bonds is 4. The first-order valence-electron chi connectivity index (χ1n) is 9.99. The lowest BCUT2D eigenvalue weighted by molar-refractivity contribution is 0.104. The highest BCUT2D eigenvalue weighted by molar-refractivity contribution is 6.15. The molecule has 0 amide bonds. The molecule has 3 aromatic carbocycles. The van der Waals surface area contributed by atoms with Gasteiger partial charge < -0.3 is 9.97 Å². The summed E-state index contributed by atoms with van der Waals surface area (Å²) in [5.41, 5.74) is 4.63. The number of aromatic amines is 2. The fourth-order valence-corrected chi connectivity index (χ4v) is 3.84. The molecule has 0 unspecified atom stereocenters. The lowest BCUT2D eigenvalue weighted by atomic mass is 9.93. The SMILES string of the molecule is Cc1ccc2[nH]c(=O)c(C(=O)/C=C\c3nc4ccccc4[nH]3)c(-c3ccccc3)c2c1. The number of ketones is 1. The first kappa shape index (κ1) is 18.8. The predicted molar refractivity (Wildman–Crippen MR) is 124 cm³/mol. The van der Waals surface area contributed by atoms with Gasteiger partial charge in [0.15, 0.2) is 5.78 Å². The molecule has 31 heavy (non-hydrogen) atoms. The summed E-state index contributed by atoms with van der Waals surface area (Å²) < 4.78 is 0. The van der Waals surface area contributed by atoms with Crippen molar-refractivity contribution in [2.24, 2.45) is 0 Å². The summed E-state index contributed by atoms with van der Waals surface area (Å²) in [5.74, 6) is 0.188. The molecule has 5 heteroatoms. The Hall–Kier alpha value is -4.25. The predicted octanol–water partition coefficient (Wildman–Crippen LogP) is 5.28. The summed E-state index contributed by atoms with van der Waals surface area (Å²) >= 11 is 0. The molecule has 0 radical (unpaired) electrons. The second kappa shape index (κ2) is 7.54. The van der Waals surface area contributed by atoms with E-state index in [1.807, 2.05) is 79.7 Å². The van der Waals surface area contributed by atoms with E-state index in [9.17, 15) is 9.59 Å². The van der Waals surface area contributed by atoms with Crippen LogP contribution in [0, 0.1) is 6.92 Å². The lowest BCUT2D eigenvalue weighted by Gasteiger charge is -2.12. The first-order valence-corrected chi connectivity index (χ1v) is 9.99. The Labute approximate surface area is 178 Å². The smallest absolute Gasteiger partial charge is 0.260 e. The third-order valence-corrected chi connectivity index (χ3v) is 5.28. The van der Waals surface area contributed by atoms with Crippen LogP contribution in [0.4, 0.5) is 0 Å². The van der Waals surface area contributed by atoms with Crippen LogP contribution in [-0.2, 0) is 0 Å². The lowest BCUT2D eigenvalue weighted by Crippen LogP contribution is -2.18. The Kier molecular flexibility index (Phi) is 4.56. The summed E-state index contributed by atoms with van der Waals surface area (Å²) in [5, 5.41) is 0.839. The van der Waals surface area contributed by atoms with Gasteiger partial charge in [0.05, 0.1) is 16.6 Å². The average molecular weight is 405 g/mol. The minimum absolute atomic E-state index is 0.122. The number of aromatic nitrogens is 3. The third-order valence-electron chi connectivity index (χ3n) is 5.28. The highest BCUT2D eigenvalue weighted by Crippen LogP contribution is 2.30. The second-order valence-electron chi connectivity index (χ2n) is 7.46. The number of benzene rings is 3. The quantitative estimate of drug-likeness (QED) is 0.316. The second-order valence-corrected chi connectivity index (χ2v) is 7.46. The fourth-order valence-electron chi connectivity index (χ4n) is 3.84. The van der Waals surface area contributed by atoms with Gasteiger partial charge in [0.25, 0.3) is 5.56 Å². The molecule has 0 saturated carbocycles. The van der Waals surface area contributed by atoms with Crippen LogP contribution in [0.25, 0.3) is 39.1 Å². The maximum absolute atomic E-state index is 13.2. The molecule has 0 spiro atoms. The number of imidazole rings is 1. The number of hydrogen-bond donors (Lipinski definition) is 2. The largest absolute Gasteiger partial charge is 0.338 e. The van der Waals surface area contributed by atoms with Crippen LogP contribution in [0.3, 0.4) is 0 Å². The number of carbonyl (C=O) groups is 1. The van der Waals surface area contributed by atoms with E-state index in [4.69, 9.17) is 0 Å². The zero-order valence-corrected chi connectivity index (χ0v) is 16.8. The number of H-pyrrole nitrogens is 2. The summed E-state index contributed by atoms with van der Waals surface area (Å²) in [7, 11) is 0. The minimum Gasteiger partial charge on any atom is -0.338 e. The van der Waals surface area contributed by atoms with Gasteiger partial charge in [-0.25, -0.2) is 4.98 Å². The normalized spacial score (nSPS) is 11.5. The summed E-state index contributed by atoms with van der Waals surface area (Å²) in [6.07, 6.45) is 3.01. The van der Waals surface area contributed by atoms with Crippen LogP contribution in [-0.4, -0.2) is 20.7 Å². The van der Waals surface area contributed by atoms with Crippen LogP contribution >= 0.6 is 0 Å². The monoisotopic (exact) mass is 405 g/mol. The Morgan fingerprint density at radius 1 is 0.903 bits per heavy atom. The number of nitrogens with one attached hydrogen (secondary N) is 2. The van der Waals surface area contributed by atoms with Crippen LogP contribution in [0.2, 0.25) is 0 Å². The third kappa shape index (κ3) is 3.46. The zero-order valence-electron chi connectivity index (χ0n) is 16.8. The van der Waals surface area contributed by atoms with Gasteiger partial charge in [-0.1, -0.05) is 54.1 Å². The molecule has 0 saturated heterocycles. The van der Waals surface area contributed by atoms with E-state index in [0.717, 1.165) is 27.5 Å². The zero-order chi connectivity index (χ0) is 21.4. The highest BCUT2D eigenvalue weighted by Gasteiger charge is 2.19. The van der Waals surface area contributed by atoms with Crippen LogP contribution in [0.1, 0.15) is 21.7 Å². The van der Waals surface area contributed by atoms with Gasteiger partial charge in [0.1, 0.15) is 5.82 Å². The molecular formula is C26H19N3O2. The van der Waals surface area contributed by atoms with Crippen LogP contribution in [0.5, 0.6) is 0 Å². The number of nitrogens with zero attached hydrogens (tertiary/aromatic N) is 1. The summed E-state index contributed by atoms with van der Waals surface area (Å²) in [6, 6.07) is 23.0. The van der Waals surface area contributed by atoms with Gasteiger partial charge in [-0.2, -0.15) is 0 Å². The van der Waals surface area contributed by atoms with E-state index in [2.05, 4.69) is 15.0 Å². The Morgan fingerprint density at radius 3 is 2.48 bits per heavy atom. The van der Waals surface area contributed by atoms with Gasteiger partial charge in [-0.05, 0) is 48.9 Å². The topological polar surface area (TPSA) is 78.6 Å². The highest BCUT2D eigenvalue weighted by atomic mass is 16.1. The number of carbonyl (C=O) groups excluding carboxylic acids is 1. The van der Waals surface area contributed by atoms with E-state index in [1.54, 1.807) is 6.08 Å². The number of aryl methyl sites for hydroxylation is 1. The molecular weight excluding hydrogens is 386 g/mol. The average Bonchev–Trinajstić information content (AvgIpc) is 3.20. The van der Waals surface area contributed by atoms with Crippen molar-refractivity contribution in [3.8, 4) is 11.1 Å². The number of hydrogen-bond acceptors (Lipinski definition) is 3. The Bertz CT molecular complexity index is 1490. The summed E-state index contributed by atoms with van der Waals surface area (Å²) in [6.45, 7) is 1.99. The van der Waals surface area contributed by atoms with Crippen LogP contribution in [0.15, 0.2) is 83.7 Å². The van der Waals surface area contributed by atoms with Crippen molar-refractivity contribution < 1.29 is 4.79 Å². The fraction of sp³-hybridized carbons (Fsp3) is 0.0385. The Morgan fingerprint density at radius 2 is 1.68 bits per heavy atom. The van der Waals surface area contributed by atoms with Crippen molar-refractivity contribution in [1.29, 1.82) is 0 Å². The first-order chi connectivity index (χ1) is 15.1. The van der Waals surface area contributed by atoms with Crippen molar-refractivity contribution in [3.63, 3.8) is 0 Å². The van der Waals surface area contributed by atoms with E-state index in [0.29, 0.717) is 16.9 Å². The molecule has 0 aliphatic heterocycles. The van der Waals surface area contributed by atoms with Crippen molar-refractivity contribution in [3.05, 3.63) is 106 Å². The summed E-state index contributed by atoms with van der Waals surface area (Å²) in [4.78, 5) is 36.7. The van der Waals surface area contributed by atoms with Gasteiger partial charge in [-0.3, -0.25) is 9.59 Å².